The molecule has 2 aliphatic rings. The van der Waals surface area contributed by atoms with Gasteiger partial charge < -0.3 is 24.0 Å². The second kappa shape index (κ2) is 10.6. The molecule has 186 valence electrons. The Kier molecular flexibility index (Phi) is 7.38. The van der Waals surface area contributed by atoms with Gasteiger partial charge >= 0.3 is 5.97 Å². The third kappa shape index (κ3) is 5.01. The number of carbonyl (C=O) groups excluding carboxylic acids is 2. The zero-order valence-electron chi connectivity index (χ0n) is 20.0. The maximum atomic E-state index is 14.2. The molecule has 4 rings (SSSR count). The van der Waals surface area contributed by atoms with E-state index in [0.29, 0.717) is 54.9 Å². The van der Waals surface area contributed by atoms with Crippen LogP contribution in [0.4, 0.5) is 10.1 Å². The highest BCUT2D eigenvalue weighted by atomic mass is 19.1. The Morgan fingerprint density at radius 2 is 1.74 bits per heavy atom. The smallest absolute Gasteiger partial charge is 0.321 e. The van der Waals surface area contributed by atoms with Crippen LogP contribution in [0.2, 0.25) is 0 Å². The van der Waals surface area contributed by atoms with Gasteiger partial charge in [-0.3, -0.25) is 14.9 Å². The van der Waals surface area contributed by atoms with Crippen LogP contribution in [0.1, 0.15) is 18.5 Å². The fourth-order valence-corrected chi connectivity index (χ4v) is 4.37. The SMILES string of the molecule is CCOC(=O)[C@@H]1C(=O)NC(N2CCN(c3ccccc3F)CC2)=N[C@H]1c1ccc(OC)c(OC)c1. The number of benzene rings is 2. The van der Waals surface area contributed by atoms with Crippen LogP contribution in [-0.4, -0.2) is 69.7 Å². The lowest BCUT2D eigenvalue weighted by Crippen LogP contribution is -2.57. The van der Waals surface area contributed by atoms with Gasteiger partial charge in [0, 0.05) is 26.2 Å². The van der Waals surface area contributed by atoms with Gasteiger partial charge in [-0.25, -0.2) is 9.38 Å². The lowest BCUT2D eigenvalue weighted by atomic mass is 9.91. The molecular weight excluding hydrogens is 455 g/mol. The number of halogens is 1. The molecule has 10 heteroatoms. The summed E-state index contributed by atoms with van der Waals surface area (Å²) in [7, 11) is 3.05. The molecule has 2 atom stereocenters. The first kappa shape index (κ1) is 24.3. The molecule has 1 N–H and O–H groups in total. The minimum atomic E-state index is -1.14. The van der Waals surface area contributed by atoms with Crippen molar-refractivity contribution >= 4 is 23.5 Å². The average molecular weight is 485 g/mol. The van der Waals surface area contributed by atoms with Crippen molar-refractivity contribution in [1.82, 2.24) is 10.2 Å². The van der Waals surface area contributed by atoms with Gasteiger partial charge in [0.2, 0.25) is 11.9 Å². The Balaban J connectivity index is 1.61. The van der Waals surface area contributed by atoms with Crippen LogP contribution >= 0.6 is 0 Å². The van der Waals surface area contributed by atoms with Gasteiger partial charge in [-0.05, 0) is 36.8 Å². The van der Waals surface area contributed by atoms with Gasteiger partial charge in [0.1, 0.15) is 11.9 Å². The summed E-state index contributed by atoms with van der Waals surface area (Å²) >= 11 is 0. The minimum absolute atomic E-state index is 0.149. The van der Waals surface area contributed by atoms with E-state index < -0.39 is 23.8 Å². The van der Waals surface area contributed by atoms with Crippen LogP contribution in [0.15, 0.2) is 47.5 Å². The number of piperazine rings is 1. The van der Waals surface area contributed by atoms with Crippen molar-refractivity contribution in [3.8, 4) is 11.5 Å². The van der Waals surface area contributed by atoms with Crippen molar-refractivity contribution in [2.45, 2.75) is 13.0 Å². The fraction of sp³-hybridized carbons (Fsp3) is 0.400. The van der Waals surface area contributed by atoms with Gasteiger partial charge in [0.05, 0.1) is 26.5 Å². The number of ether oxygens (including phenoxy) is 3. The standard InChI is InChI=1S/C25H29FN4O5/c1-4-35-24(32)21-22(16-9-10-19(33-2)20(15-16)34-3)27-25(28-23(21)31)30-13-11-29(12-14-30)18-8-6-5-7-17(18)26/h5-10,15,21-22H,4,11-14H2,1-3H3,(H,27,28,31)/t21-,22-/m0/s1. The molecule has 1 amide bonds. The Morgan fingerprint density at radius 3 is 2.40 bits per heavy atom. The summed E-state index contributed by atoms with van der Waals surface area (Å²) < 4.78 is 30.1. The topological polar surface area (TPSA) is 92.7 Å². The molecule has 1 fully saturated rings. The summed E-state index contributed by atoms with van der Waals surface area (Å²) in [6.45, 7) is 3.99. The van der Waals surface area contributed by atoms with Crippen molar-refractivity contribution < 1.29 is 28.2 Å². The molecule has 0 saturated carbocycles. The van der Waals surface area contributed by atoms with Crippen molar-refractivity contribution in [2.24, 2.45) is 10.9 Å². The van der Waals surface area contributed by atoms with Crippen molar-refractivity contribution in [3.63, 3.8) is 0 Å². The normalized spacial score (nSPS) is 20.1. The number of hydrogen-bond donors (Lipinski definition) is 1. The molecule has 2 aromatic carbocycles. The number of carbonyl (C=O) groups is 2. The number of aliphatic imine (C=N–C) groups is 1. The van der Waals surface area contributed by atoms with E-state index >= 15 is 0 Å². The number of rotatable bonds is 6. The van der Waals surface area contributed by atoms with E-state index in [9.17, 15) is 14.0 Å². The van der Waals surface area contributed by atoms with E-state index in [-0.39, 0.29) is 12.4 Å². The molecule has 0 spiro atoms. The van der Waals surface area contributed by atoms with Crippen molar-refractivity contribution in [2.75, 3.05) is 51.9 Å². The molecule has 9 nitrogen and oxygen atoms in total. The van der Waals surface area contributed by atoms with Crippen molar-refractivity contribution in [3.05, 3.63) is 53.8 Å². The zero-order chi connectivity index (χ0) is 24.9. The second-order valence-electron chi connectivity index (χ2n) is 8.16. The number of nitrogens with zero attached hydrogens (tertiary/aromatic N) is 3. The van der Waals surface area contributed by atoms with Crippen LogP contribution in [-0.2, 0) is 14.3 Å². The summed E-state index contributed by atoms with van der Waals surface area (Å²) in [6, 6.07) is 11.0. The van der Waals surface area contributed by atoms with Crippen LogP contribution in [0.5, 0.6) is 11.5 Å². The molecule has 2 aromatic rings. The number of guanidine groups is 1. The fourth-order valence-electron chi connectivity index (χ4n) is 4.37. The highest BCUT2D eigenvalue weighted by molar-refractivity contribution is 6.08. The van der Waals surface area contributed by atoms with E-state index in [2.05, 4.69) is 5.32 Å². The van der Waals surface area contributed by atoms with Crippen molar-refractivity contribution in [1.29, 1.82) is 0 Å². The van der Waals surface area contributed by atoms with Crippen LogP contribution in [0.25, 0.3) is 0 Å². The number of nitrogens with one attached hydrogen (secondary N) is 1. The van der Waals surface area contributed by atoms with Crippen LogP contribution < -0.4 is 19.7 Å². The first-order valence-electron chi connectivity index (χ1n) is 11.5. The third-order valence-corrected chi connectivity index (χ3v) is 6.16. The summed E-state index contributed by atoms with van der Waals surface area (Å²) in [6.07, 6.45) is 0. The average Bonchev–Trinajstić information content (AvgIpc) is 2.88. The molecule has 2 heterocycles. The van der Waals surface area contributed by atoms with Gasteiger partial charge in [-0.1, -0.05) is 18.2 Å². The van der Waals surface area contributed by atoms with Crippen LogP contribution in [0, 0.1) is 11.7 Å². The first-order chi connectivity index (χ1) is 17.0. The molecular formula is C25H29FN4O5. The number of para-hydroxylation sites is 1. The van der Waals surface area contributed by atoms with Gasteiger partial charge in [0.15, 0.2) is 17.4 Å². The van der Waals surface area contributed by atoms with E-state index in [1.54, 1.807) is 43.3 Å². The lowest BCUT2D eigenvalue weighted by Gasteiger charge is -2.39. The highest BCUT2D eigenvalue weighted by Gasteiger charge is 2.42. The molecule has 0 radical (unpaired) electrons. The van der Waals surface area contributed by atoms with Gasteiger partial charge in [-0.15, -0.1) is 0 Å². The van der Waals surface area contributed by atoms with Crippen LogP contribution in [0.3, 0.4) is 0 Å². The lowest BCUT2D eigenvalue weighted by molar-refractivity contribution is -0.153. The summed E-state index contributed by atoms with van der Waals surface area (Å²) in [4.78, 5) is 34.5. The van der Waals surface area contributed by atoms with E-state index in [4.69, 9.17) is 19.2 Å². The molecule has 2 aliphatic heterocycles. The number of hydrogen-bond acceptors (Lipinski definition) is 8. The number of amides is 1. The largest absolute Gasteiger partial charge is 0.493 e. The molecule has 1 saturated heterocycles. The van der Waals surface area contributed by atoms with E-state index in [1.165, 1.54) is 20.3 Å². The maximum absolute atomic E-state index is 14.2. The Labute approximate surface area is 203 Å². The molecule has 0 aromatic heterocycles. The van der Waals surface area contributed by atoms with Gasteiger partial charge in [0.25, 0.3) is 0 Å². The Bertz CT molecular complexity index is 1120. The monoisotopic (exact) mass is 484 g/mol. The molecule has 0 bridgehead atoms. The molecule has 0 aliphatic carbocycles. The first-order valence-corrected chi connectivity index (χ1v) is 11.5. The highest BCUT2D eigenvalue weighted by Crippen LogP contribution is 2.36. The zero-order valence-corrected chi connectivity index (χ0v) is 20.0. The molecule has 0 unspecified atom stereocenters. The number of methoxy groups -OCH3 is 2. The predicted octanol–water partition coefficient (Wildman–Crippen LogP) is 2.37. The van der Waals surface area contributed by atoms with E-state index in [1.807, 2.05) is 9.80 Å². The minimum Gasteiger partial charge on any atom is -0.493 e. The summed E-state index contributed by atoms with van der Waals surface area (Å²) in [5.41, 5.74) is 1.17. The number of anilines is 1. The summed E-state index contributed by atoms with van der Waals surface area (Å²) in [5.74, 6) is -1.16. The Morgan fingerprint density at radius 1 is 1.06 bits per heavy atom. The summed E-state index contributed by atoms with van der Waals surface area (Å²) in [5, 5.41) is 2.78. The quantitative estimate of drug-likeness (QED) is 0.497. The number of esters is 1. The van der Waals surface area contributed by atoms with Gasteiger partial charge in [-0.2, -0.15) is 0 Å². The molecule has 35 heavy (non-hydrogen) atoms. The Hall–Kier alpha value is -3.82. The predicted molar refractivity (Wildman–Crippen MR) is 128 cm³/mol. The maximum Gasteiger partial charge on any atom is 0.321 e. The third-order valence-electron chi connectivity index (χ3n) is 6.16. The van der Waals surface area contributed by atoms with E-state index in [0.717, 1.165) is 0 Å². The second-order valence-corrected chi connectivity index (χ2v) is 8.16.